The summed E-state index contributed by atoms with van der Waals surface area (Å²) in [6, 6.07) is 16.1. The molecule has 2 amide bonds. The van der Waals surface area contributed by atoms with Crippen LogP contribution in [0.15, 0.2) is 64.8 Å². The maximum Gasteiger partial charge on any atom is 0.305 e. The number of carbonyl (C=O) groups is 2. The lowest BCUT2D eigenvalue weighted by Gasteiger charge is -2.08. The molecule has 4 aromatic rings. The fraction of sp³-hybridized carbons (Fsp3) is 0.0909. The number of aryl methyl sites for hydroxylation is 1. The molecule has 0 atom stereocenters. The van der Waals surface area contributed by atoms with Gasteiger partial charge in [-0.15, -0.1) is 11.3 Å². The molecule has 0 aliphatic carbocycles. The van der Waals surface area contributed by atoms with E-state index < -0.39 is 0 Å². The molecule has 3 N–H and O–H groups in total. The molecule has 2 heterocycles. The van der Waals surface area contributed by atoms with Crippen LogP contribution >= 0.6 is 22.7 Å². The van der Waals surface area contributed by atoms with E-state index in [9.17, 15) is 14.4 Å². The van der Waals surface area contributed by atoms with Crippen molar-refractivity contribution in [3.63, 3.8) is 0 Å². The summed E-state index contributed by atoms with van der Waals surface area (Å²) in [6.45, 7) is 1.81. The lowest BCUT2D eigenvalue weighted by Crippen LogP contribution is -2.15. The Bertz CT molecular complexity index is 1290. The summed E-state index contributed by atoms with van der Waals surface area (Å²) >= 11 is 2.39. The van der Waals surface area contributed by atoms with Crippen molar-refractivity contribution < 1.29 is 9.59 Å². The van der Waals surface area contributed by atoms with Crippen LogP contribution in [-0.2, 0) is 11.2 Å². The van der Waals surface area contributed by atoms with Crippen LogP contribution in [0.25, 0.3) is 10.6 Å². The smallest absolute Gasteiger partial charge is 0.305 e. The fourth-order valence-corrected chi connectivity index (χ4v) is 4.58. The highest BCUT2D eigenvalue weighted by Crippen LogP contribution is 2.28. The van der Waals surface area contributed by atoms with E-state index in [0.29, 0.717) is 22.1 Å². The van der Waals surface area contributed by atoms with Crippen LogP contribution < -0.4 is 15.5 Å². The lowest BCUT2D eigenvalue weighted by molar-refractivity contribution is -0.115. The van der Waals surface area contributed by atoms with Gasteiger partial charge in [0.15, 0.2) is 5.13 Å². The topological polar surface area (TPSA) is 104 Å². The van der Waals surface area contributed by atoms with Crippen LogP contribution in [0.4, 0.5) is 10.8 Å². The van der Waals surface area contributed by atoms with Crippen molar-refractivity contribution in [1.82, 2.24) is 9.97 Å². The molecular formula is C22H18N4O3S2. The van der Waals surface area contributed by atoms with Crippen LogP contribution in [0.2, 0.25) is 0 Å². The number of aromatic nitrogens is 2. The average Bonchev–Trinajstić information content (AvgIpc) is 3.34. The van der Waals surface area contributed by atoms with Gasteiger partial charge in [0, 0.05) is 22.3 Å². The number of benzene rings is 2. The van der Waals surface area contributed by atoms with Gasteiger partial charge < -0.3 is 15.6 Å². The third-order valence-corrected chi connectivity index (χ3v) is 6.16. The molecule has 0 aliphatic heterocycles. The molecule has 0 spiro atoms. The van der Waals surface area contributed by atoms with Gasteiger partial charge in [0.25, 0.3) is 5.91 Å². The molecule has 9 heteroatoms. The van der Waals surface area contributed by atoms with E-state index in [1.165, 1.54) is 11.3 Å². The van der Waals surface area contributed by atoms with Gasteiger partial charge in [-0.05, 0) is 36.8 Å². The zero-order chi connectivity index (χ0) is 21.8. The van der Waals surface area contributed by atoms with Crippen molar-refractivity contribution in [1.29, 1.82) is 0 Å². The third kappa shape index (κ3) is 5.14. The molecule has 0 bridgehead atoms. The van der Waals surface area contributed by atoms with Gasteiger partial charge in [-0.25, -0.2) is 4.98 Å². The van der Waals surface area contributed by atoms with E-state index >= 15 is 0 Å². The minimum atomic E-state index is -0.216. The molecule has 2 aromatic heterocycles. The molecule has 0 aliphatic rings. The molecule has 4 rings (SSSR count). The Balaban J connectivity index is 1.39. The Morgan fingerprint density at radius 1 is 1.06 bits per heavy atom. The highest BCUT2D eigenvalue weighted by atomic mass is 32.1. The summed E-state index contributed by atoms with van der Waals surface area (Å²) in [6.07, 6.45) is 0.139. The number of nitrogens with one attached hydrogen (secondary N) is 3. The van der Waals surface area contributed by atoms with Crippen molar-refractivity contribution in [2.24, 2.45) is 0 Å². The fourth-order valence-electron chi connectivity index (χ4n) is 2.99. The van der Waals surface area contributed by atoms with E-state index in [1.807, 2.05) is 24.4 Å². The molecule has 0 saturated heterocycles. The second-order valence-corrected chi connectivity index (χ2v) is 8.59. The largest absolute Gasteiger partial charge is 0.322 e. The van der Waals surface area contributed by atoms with Crippen molar-refractivity contribution in [2.45, 2.75) is 13.3 Å². The van der Waals surface area contributed by atoms with Crippen LogP contribution in [0.5, 0.6) is 0 Å². The highest BCUT2D eigenvalue weighted by molar-refractivity contribution is 7.15. The average molecular weight is 451 g/mol. The number of amides is 2. The second kappa shape index (κ2) is 9.07. The Kier molecular flexibility index (Phi) is 6.06. The van der Waals surface area contributed by atoms with Crippen LogP contribution in [0, 0.1) is 6.92 Å². The zero-order valence-electron chi connectivity index (χ0n) is 16.5. The summed E-state index contributed by atoms with van der Waals surface area (Å²) in [5.74, 6) is -0.425. The third-order valence-electron chi connectivity index (χ3n) is 4.39. The normalized spacial score (nSPS) is 10.6. The minimum Gasteiger partial charge on any atom is -0.322 e. The molecular weight excluding hydrogens is 432 g/mol. The summed E-state index contributed by atoms with van der Waals surface area (Å²) < 4.78 is 0. The SMILES string of the molecule is Cc1[nH]c(=O)sc1-c1csc(NC(=O)Cc2cccc(NC(=O)c3ccccc3)c2)n1. The maximum atomic E-state index is 12.5. The zero-order valence-corrected chi connectivity index (χ0v) is 18.1. The Labute approximate surface area is 185 Å². The van der Waals surface area contributed by atoms with E-state index in [0.717, 1.165) is 27.5 Å². The number of nitrogens with zero attached hydrogens (tertiary/aromatic N) is 1. The van der Waals surface area contributed by atoms with Crippen molar-refractivity contribution in [2.75, 3.05) is 10.6 Å². The number of hydrogen-bond acceptors (Lipinski definition) is 6. The van der Waals surface area contributed by atoms with Gasteiger partial charge in [0.1, 0.15) is 0 Å². The number of thiazole rings is 2. The summed E-state index contributed by atoms with van der Waals surface area (Å²) in [4.78, 5) is 44.0. The number of carbonyl (C=O) groups excluding carboxylic acids is 2. The minimum absolute atomic E-state index is 0.134. The van der Waals surface area contributed by atoms with E-state index in [2.05, 4.69) is 20.6 Å². The molecule has 0 radical (unpaired) electrons. The first kappa shape index (κ1) is 20.7. The number of hydrogen-bond donors (Lipinski definition) is 3. The molecule has 31 heavy (non-hydrogen) atoms. The first-order valence-electron chi connectivity index (χ1n) is 9.39. The van der Waals surface area contributed by atoms with Crippen LogP contribution in [0.1, 0.15) is 21.6 Å². The van der Waals surface area contributed by atoms with Gasteiger partial charge in [-0.1, -0.05) is 41.7 Å². The standard InChI is InChI=1S/C22H18N4O3S2/c1-13-19(31-22(29)23-13)17-12-30-21(25-17)26-18(27)11-14-6-5-9-16(10-14)24-20(28)15-7-3-2-4-8-15/h2-10,12H,11H2,1H3,(H,23,29)(H,24,28)(H,25,26,27). The van der Waals surface area contributed by atoms with Crippen molar-refractivity contribution in [3.05, 3.63) is 86.5 Å². The molecule has 0 fully saturated rings. The van der Waals surface area contributed by atoms with Crippen LogP contribution in [-0.4, -0.2) is 21.8 Å². The quantitative estimate of drug-likeness (QED) is 0.407. The van der Waals surface area contributed by atoms with Crippen molar-refractivity contribution in [3.8, 4) is 10.6 Å². The van der Waals surface area contributed by atoms with Gasteiger partial charge in [0.05, 0.1) is 17.0 Å². The number of H-pyrrole nitrogens is 1. The monoisotopic (exact) mass is 450 g/mol. The predicted octanol–water partition coefficient (Wildman–Crippen LogP) is 4.30. The number of rotatable bonds is 6. The second-order valence-electron chi connectivity index (χ2n) is 6.75. The maximum absolute atomic E-state index is 12.5. The number of aromatic amines is 1. The predicted molar refractivity (Wildman–Crippen MR) is 124 cm³/mol. The Hall–Kier alpha value is -3.56. The van der Waals surface area contributed by atoms with Crippen LogP contribution in [0.3, 0.4) is 0 Å². The molecule has 7 nitrogen and oxygen atoms in total. The highest BCUT2D eigenvalue weighted by Gasteiger charge is 2.13. The van der Waals surface area contributed by atoms with E-state index in [4.69, 9.17) is 0 Å². The molecule has 2 aromatic carbocycles. The Morgan fingerprint density at radius 2 is 1.87 bits per heavy atom. The Morgan fingerprint density at radius 3 is 2.61 bits per heavy atom. The van der Waals surface area contributed by atoms with Gasteiger partial charge in [0.2, 0.25) is 5.91 Å². The van der Waals surface area contributed by atoms with E-state index in [-0.39, 0.29) is 23.1 Å². The van der Waals surface area contributed by atoms with Gasteiger partial charge in [-0.3, -0.25) is 14.4 Å². The summed E-state index contributed by atoms with van der Waals surface area (Å²) in [5, 5.41) is 7.91. The van der Waals surface area contributed by atoms with Gasteiger partial charge >= 0.3 is 4.87 Å². The van der Waals surface area contributed by atoms with E-state index in [1.54, 1.807) is 42.5 Å². The number of anilines is 2. The first-order chi connectivity index (χ1) is 15.0. The molecule has 0 saturated carbocycles. The van der Waals surface area contributed by atoms with Crippen molar-refractivity contribution >= 4 is 45.3 Å². The molecule has 156 valence electrons. The first-order valence-corrected chi connectivity index (χ1v) is 11.1. The lowest BCUT2D eigenvalue weighted by atomic mass is 10.1. The summed E-state index contributed by atoms with van der Waals surface area (Å²) in [5.41, 5.74) is 3.36. The molecule has 0 unspecified atom stereocenters. The summed E-state index contributed by atoms with van der Waals surface area (Å²) in [7, 11) is 0. The van der Waals surface area contributed by atoms with Gasteiger partial charge in [-0.2, -0.15) is 0 Å².